The Kier molecular flexibility index (Phi) is 6.76. The van der Waals surface area contributed by atoms with Crippen molar-refractivity contribution in [2.75, 3.05) is 18.4 Å². The van der Waals surface area contributed by atoms with Gasteiger partial charge in [0.2, 0.25) is 5.91 Å². The monoisotopic (exact) mass is 515 g/mol. The topological polar surface area (TPSA) is 98.8 Å². The van der Waals surface area contributed by atoms with Crippen LogP contribution in [0.2, 0.25) is 5.15 Å². The molecule has 1 aliphatic heterocycles. The van der Waals surface area contributed by atoms with Crippen LogP contribution in [-0.2, 0) is 11.3 Å². The molecule has 1 amide bonds. The molecule has 0 radical (unpaired) electrons. The third-order valence-corrected chi connectivity index (χ3v) is 7.63. The standard InChI is InChI=1S/C28H30ClN7O/c29-25-11-19(24-14-32-27-23(24)4-2-10-31-27)12-26(35-25)33-21-5-7-22(8-6-21)34-28(37)20-16-36(17-20)15-18-3-1-9-30-13-18/h1-4,9-14,20-22H,5-8,15-17H2,(H,31,32)(H,33,35)(H,34,37). The second-order valence-electron chi connectivity index (χ2n) is 10.1. The second kappa shape index (κ2) is 10.5. The van der Waals surface area contributed by atoms with Crippen molar-refractivity contribution in [3.63, 3.8) is 0 Å². The van der Waals surface area contributed by atoms with Crippen LogP contribution in [0.5, 0.6) is 0 Å². The normalized spacial score (nSPS) is 20.5. The highest BCUT2D eigenvalue weighted by atomic mass is 35.5. The molecule has 2 fully saturated rings. The molecular weight excluding hydrogens is 486 g/mol. The summed E-state index contributed by atoms with van der Waals surface area (Å²) in [6, 6.07) is 12.5. The van der Waals surface area contributed by atoms with Crippen LogP contribution in [0.4, 0.5) is 5.82 Å². The van der Waals surface area contributed by atoms with Crippen LogP contribution in [-0.4, -0.2) is 55.9 Å². The lowest BCUT2D eigenvalue weighted by Gasteiger charge is -2.39. The molecule has 0 bridgehead atoms. The summed E-state index contributed by atoms with van der Waals surface area (Å²) in [5, 5.41) is 8.38. The molecule has 0 spiro atoms. The number of H-pyrrole nitrogens is 1. The van der Waals surface area contributed by atoms with Gasteiger partial charge in [-0.3, -0.25) is 14.7 Å². The van der Waals surface area contributed by atoms with Crippen LogP contribution >= 0.6 is 11.6 Å². The number of hydrogen-bond acceptors (Lipinski definition) is 6. The Morgan fingerprint density at radius 3 is 2.70 bits per heavy atom. The van der Waals surface area contributed by atoms with E-state index in [0.29, 0.717) is 11.2 Å². The number of rotatable bonds is 7. The van der Waals surface area contributed by atoms with Gasteiger partial charge in [-0.25, -0.2) is 9.97 Å². The van der Waals surface area contributed by atoms with Gasteiger partial charge in [0, 0.05) is 67.5 Å². The number of aromatic nitrogens is 4. The zero-order chi connectivity index (χ0) is 25.2. The summed E-state index contributed by atoms with van der Waals surface area (Å²) >= 11 is 6.39. The maximum absolute atomic E-state index is 12.7. The number of amides is 1. The van der Waals surface area contributed by atoms with Crippen LogP contribution < -0.4 is 10.6 Å². The minimum Gasteiger partial charge on any atom is -0.367 e. The number of aromatic amines is 1. The van der Waals surface area contributed by atoms with Crippen LogP contribution in [0.3, 0.4) is 0 Å². The predicted molar refractivity (Wildman–Crippen MR) is 145 cm³/mol. The first kappa shape index (κ1) is 23.9. The first-order valence-corrected chi connectivity index (χ1v) is 13.3. The Bertz CT molecular complexity index is 1380. The molecule has 0 unspecified atom stereocenters. The van der Waals surface area contributed by atoms with E-state index in [1.807, 2.05) is 42.7 Å². The Hall–Kier alpha value is -3.49. The zero-order valence-electron chi connectivity index (χ0n) is 20.5. The fourth-order valence-corrected chi connectivity index (χ4v) is 5.65. The largest absolute Gasteiger partial charge is 0.367 e. The number of anilines is 1. The molecule has 37 heavy (non-hydrogen) atoms. The van der Waals surface area contributed by atoms with E-state index in [0.717, 1.165) is 73.3 Å². The lowest BCUT2D eigenvalue weighted by molar-refractivity contribution is -0.131. The third kappa shape index (κ3) is 5.45. The molecule has 1 aliphatic carbocycles. The summed E-state index contributed by atoms with van der Waals surface area (Å²) in [5.74, 6) is 1.05. The van der Waals surface area contributed by atoms with E-state index in [9.17, 15) is 4.79 Å². The van der Waals surface area contributed by atoms with Gasteiger partial charge in [0.15, 0.2) is 0 Å². The molecular formula is C28H30ClN7O. The molecule has 0 aromatic carbocycles. The van der Waals surface area contributed by atoms with Crippen molar-refractivity contribution in [3.8, 4) is 11.1 Å². The maximum Gasteiger partial charge on any atom is 0.225 e. The first-order chi connectivity index (χ1) is 18.1. The van der Waals surface area contributed by atoms with Crippen molar-refractivity contribution in [1.82, 2.24) is 30.2 Å². The number of nitrogens with zero attached hydrogens (tertiary/aromatic N) is 4. The number of carbonyl (C=O) groups excluding carboxylic acids is 1. The summed E-state index contributed by atoms with van der Waals surface area (Å²) in [4.78, 5) is 31.3. The van der Waals surface area contributed by atoms with E-state index >= 15 is 0 Å². The van der Waals surface area contributed by atoms with E-state index in [-0.39, 0.29) is 17.9 Å². The number of pyridine rings is 3. The van der Waals surface area contributed by atoms with Crippen molar-refractivity contribution >= 4 is 34.4 Å². The Labute approximate surface area is 220 Å². The summed E-state index contributed by atoms with van der Waals surface area (Å²) in [6.45, 7) is 2.48. The smallest absolute Gasteiger partial charge is 0.225 e. The van der Waals surface area contributed by atoms with Crippen molar-refractivity contribution in [2.45, 2.75) is 44.3 Å². The van der Waals surface area contributed by atoms with Crippen LogP contribution in [0, 0.1) is 5.92 Å². The van der Waals surface area contributed by atoms with Gasteiger partial charge in [0.05, 0.1) is 5.92 Å². The molecule has 4 aromatic rings. The van der Waals surface area contributed by atoms with Crippen LogP contribution in [0.15, 0.2) is 61.2 Å². The van der Waals surface area contributed by atoms with E-state index in [1.165, 1.54) is 5.56 Å². The molecule has 5 heterocycles. The summed E-state index contributed by atoms with van der Waals surface area (Å²) < 4.78 is 0. The fraction of sp³-hybridized carbons (Fsp3) is 0.357. The molecule has 6 rings (SSSR count). The number of halogens is 1. The fourth-order valence-electron chi connectivity index (χ4n) is 5.45. The molecule has 190 valence electrons. The van der Waals surface area contributed by atoms with Crippen LogP contribution in [0.25, 0.3) is 22.2 Å². The number of carbonyl (C=O) groups is 1. The molecule has 9 heteroatoms. The second-order valence-corrected chi connectivity index (χ2v) is 10.5. The van der Waals surface area contributed by atoms with E-state index in [4.69, 9.17) is 11.6 Å². The first-order valence-electron chi connectivity index (χ1n) is 12.9. The van der Waals surface area contributed by atoms with E-state index in [2.05, 4.69) is 41.5 Å². The highest BCUT2D eigenvalue weighted by molar-refractivity contribution is 6.29. The van der Waals surface area contributed by atoms with Gasteiger partial charge >= 0.3 is 0 Å². The van der Waals surface area contributed by atoms with Gasteiger partial charge in [-0.15, -0.1) is 0 Å². The highest BCUT2D eigenvalue weighted by Crippen LogP contribution is 2.31. The lowest BCUT2D eigenvalue weighted by atomic mass is 9.90. The molecule has 8 nitrogen and oxygen atoms in total. The number of nitrogens with one attached hydrogen (secondary N) is 3. The molecule has 4 aromatic heterocycles. The minimum atomic E-state index is 0.0845. The van der Waals surface area contributed by atoms with Gasteiger partial charge in [-0.1, -0.05) is 17.7 Å². The molecule has 2 aliphatic rings. The highest BCUT2D eigenvalue weighted by Gasteiger charge is 2.34. The Morgan fingerprint density at radius 2 is 1.89 bits per heavy atom. The maximum atomic E-state index is 12.7. The van der Waals surface area contributed by atoms with Gasteiger partial charge in [-0.05, 0) is 67.1 Å². The van der Waals surface area contributed by atoms with Gasteiger partial charge < -0.3 is 15.6 Å². The average Bonchev–Trinajstić information content (AvgIpc) is 3.32. The average molecular weight is 516 g/mol. The Balaban J connectivity index is 0.994. The molecule has 0 atom stereocenters. The molecule has 3 N–H and O–H groups in total. The Morgan fingerprint density at radius 1 is 1.08 bits per heavy atom. The third-order valence-electron chi connectivity index (χ3n) is 7.44. The zero-order valence-corrected chi connectivity index (χ0v) is 21.3. The minimum absolute atomic E-state index is 0.0845. The SMILES string of the molecule is O=C(NC1CCC(Nc2cc(-c3c[nH]c4ncccc34)cc(Cl)n2)CC1)C1CN(Cc2cccnc2)C1. The summed E-state index contributed by atoms with van der Waals surface area (Å²) in [6.07, 6.45) is 11.3. The molecule has 1 saturated carbocycles. The van der Waals surface area contributed by atoms with Crippen molar-refractivity contribution < 1.29 is 4.79 Å². The van der Waals surface area contributed by atoms with Gasteiger partial charge in [0.1, 0.15) is 16.6 Å². The quantitative estimate of drug-likeness (QED) is 0.310. The predicted octanol–water partition coefficient (Wildman–Crippen LogP) is 4.64. The van der Waals surface area contributed by atoms with Crippen molar-refractivity contribution in [3.05, 3.63) is 71.9 Å². The lowest BCUT2D eigenvalue weighted by Crippen LogP contribution is -2.55. The summed E-state index contributed by atoms with van der Waals surface area (Å²) in [5.41, 5.74) is 4.09. The number of fused-ring (bicyclic) bond motifs is 1. The molecule has 1 saturated heterocycles. The number of hydrogen-bond donors (Lipinski definition) is 3. The van der Waals surface area contributed by atoms with Crippen molar-refractivity contribution in [2.24, 2.45) is 5.92 Å². The number of likely N-dealkylation sites (tertiary alicyclic amines) is 1. The summed E-state index contributed by atoms with van der Waals surface area (Å²) in [7, 11) is 0. The van der Waals surface area contributed by atoms with E-state index in [1.54, 1.807) is 12.4 Å². The van der Waals surface area contributed by atoms with Crippen molar-refractivity contribution in [1.29, 1.82) is 0 Å². The van der Waals surface area contributed by atoms with E-state index < -0.39 is 0 Å². The van der Waals surface area contributed by atoms with Gasteiger partial charge in [-0.2, -0.15) is 0 Å². The van der Waals surface area contributed by atoms with Crippen LogP contribution in [0.1, 0.15) is 31.2 Å². The van der Waals surface area contributed by atoms with Gasteiger partial charge in [0.25, 0.3) is 0 Å².